The zero-order valence-corrected chi connectivity index (χ0v) is 22.8. The lowest BCUT2D eigenvalue weighted by atomic mass is 9.85. The van der Waals surface area contributed by atoms with Gasteiger partial charge < -0.3 is 14.2 Å². The predicted molar refractivity (Wildman–Crippen MR) is 140 cm³/mol. The van der Waals surface area contributed by atoms with Gasteiger partial charge in [-0.2, -0.15) is 0 Å². The molecule has 5 rings (SSSR count). The van der Waals surface area contributed by atoms with Crippen LogP contribution in [0.3, 0.4) is 0 Å². The zero-order chi connectivity index (χ0) is 26.2. The first kappa shape index (κ1) is 25.8. The average molecular weight is 510 g/mol. The van der Waals surface area contributed by atoms with E-state index < -0.39 is 5.67 Å². The van der Waals surface area contributed by atoms with Crippen molar-refractivity contribution in [1.82, 2.24) is 34.7 Å². The van der Waals surface area contributed by atoms with Gasteiger partial charge in [-0.15, -0.1) is 15.3 Å². The molecule has 1 atom stereocenters. The molecule has 2 aromatic heterocycles. The molecule has 0 N–H and O–H groups in total. The zero-order valence-electron chi connectivity index (χ0n) is 22.8. The average Bonchev–Trinajstić information content (AvgIpc) is 3.54. The van der Waals surface area contributed by atoms with Crippen LogP contribution in [0.25, 0.3) is 0 Å². The van der Waals surface area contributed by atoms with E-state index in [0.29, 0.717) is 30.4 Å². The maximum absolute atomic E-state index is 15.5. The second-order valence-electron chi connectivity index (χ2n) is 11.3. The summed E-state index contributed by atoms with van der Waals surface area (Å²) < 4.78 is 25.7. The number of hydrogen-bond donors (Lipinski definition) is 0. The summed E-state index contributed by atoms with van der Waals surface area (Å²) in [4.78, 5) is 2.17. The molecule has 0 radical (unpaired) electrons. The Bertz CT molecular complexity index is 1190. The fourth-order valence-electron chi connectivity index (χ4n) is 5.76. The second-order valence-corrected chi connectivity index (χ2v) is 11.3. The smallest absolute Gasteiger partial charge is 0.173 e. The van der Waals surface area contributed by atoms with Gasteiger partial charge in [0, 0.05) is 38.9 Å². The van der Waals surface area contributed by atoms with Crippen LogP contribution in [0.1, 0.15) is 106 Å². The van der Waals surface area contributed by atoms with Crippen LogP contribution in [0.2, 0.25) is 0 Å². The van der Waals surface area contributed by atoms with Gasteiger partial charge in [-0.25, -0.2) is 9.07 Å². The van der Waals surface area contributed by atoms with Crippen LogP contribution in [0.4, 0.5) is 4.39 Å². The lowest BCUT2D eigenvalue weighted by Crippen LogP contribution is -2.38. The predicted octanol–water partition coefficient (Wildman–Crippen LogP) is 5.46. The van der Waals surface area contributed by atoms with Gasteiger partial charge in [0.25, 0.3) is 0 Å². The Morgan fingerprint density at radius 2 is 1.73 bits per heavy atom. The summed E-state index contributed by atoms with van der Waals surface area (Å²) in [6, 6.07) is 8.51. The van der Waals surface area contributed by atoms with Crippen LogP contribution in [-0.4, -0.2) is 54.8 Å². The van der Waals surface area contributed by atoms with E-state index in [4.69, 9.17) is 4.74 Å². The highest BCUT2D eigenvalue weighted by atomic mass is 19.1. The van der Waals surface area contributed by atoms with E-state index in [1.54, 1.807) is 0 Å². The van der Waals surface area contributed by atoms with E-state index in [1.807, 2.05) is 44.0 Å². The van der Waals surface area contributed by atoms with Gasteiger partial charge >= 0.3 is 0 Å². The topological polar surface area (TPSA) is 73.9 Å². The van der Waals surface area contributed by atoms with Crippen LogP contribution in [-0.2, 0) is 12.7 Å². The van der Waals surface area contributed by atoms with E-state index in [0.717, 1.165) is 56.2 Å². The molecular formula is C28H40FN7O. The van der Waals surface area contributed by atoms with Crippen molar-refractivity contribution in [3.63, 3.8) is 0 Å². The summed E-state index contributed by atoms with van der Waals surface area (Å²) in [5, 5.41) is 17.7. The number of rotatable bonds is 7. The van der Waals surface area contributed by atoms with Gasteiger partial charge in [0.05, 0.1) is 12.2 Å². The van der Waals surface area contributed by atoms with E-state index in [1.165, 1.54) is 5.56 Å². The highest BCUT2D eigenvalue weighted by Gasteiger charge is 2.39. The van der Waals surface area contributed by atoms with Gasteiger partial charge in [-0.1, -0.05) is 31.2 Å². The summed E-state index contributed by atoms with van der Waals surface area (Å²) in [7, 11) is 4.07. The fourth-order valence-corrected chi connectivity index (χ4v) is 5.76. The summed E-state index contributed by atoms with van der Waals surface area (Å²) in [6.45, 7) is 7.89. The van der Waals surface area contributed by atoms with E-state index in [-0.39, 0.29) is 12.1 Å². The number of hydrogen-bond acceptors (Lipinski definition) is 6. The van der Waals surface area contributed by atoms with Crippen molar-refractivity contribution in [1.29, 1.82) is 0 Å². The molecule has 1 saturated heterocycles. The minimum Gasteiger partial charge on any atom is -0.483 e. The van der Waals surface area contributed by atoms with E-state index in [2.05, 4.69) is 56.0 Å². The van der Waals surface area contributed by atoms with Gasteiger partial charge in [0.1, 0.15) is 17.3 Å². The highest BCUT2D eigenvalue weighted by molar-refractivity contribution is 5.30. The minimum absolute atomic E-state index is 0.203. The number of benzene rings is 1. The van der Waals surface area contributed by atoms with Gasteiger partial charge in [0.15, 0.2) is 17.6 Å². The number of nitrogens with zero attached hydrogens (tertiary/aromatic N) is 7. The molecule has 1 saturated carbocycles. The Morgan fingerprint density at radius 3 is 2.43 bits per heavy atom. The Kier molecular flexibility index (Phi) is 7.34. The van der Waals surface area contributed by atoms with Crippen molar-refractivity contribution in [3.05, 3.63) is 53.4 Å². The molecule has 37 heavy (non-hydrogen) atoms. The number of likely N-dealkylation sites (tertiary alicyclic amines) is 1. The highest BCUT2D eigenvalue weighted by Crippen LogP contribution is 2.39. The molecule has 1 aromatic carbocycles. The quantitative estimate of drug-likeness (QED) is 0.421. The summed E-state index contributed by atoms with van der Waals surface area (Å²) in [6.07, 6.45) is 6.52. The van der Waals surface area contributed by atoms with Crippen LogP contribution in [0, 0.1) is 0 Å². The van der Waals surface area contributed by atoms with E-state index in [9.17, 15) is 0 Å². The van der Waals surface area contributed by atoms with Crippen molar-refractivity contribution in [2.45, 2.75) is 88.9 Å². The molecule has 0 amide bonds. The Hall–Kier alpha value is -2.81. The van der Waals surface area contributed by atoms with Gasteiger partial charge in [-0.05, 0) is 63.3 Å². The van der Waals surface area contributed by atoms with Crippen molar-refractivity contribution in [2.75, 3.05) is 20.1 Å². The second kappa shape index (κ2) is 10.5. The van der Waals surface area contributed by atoms with Crippen molar-refractivity contribution in [3.8, 4) is 5.75 Å². The first-order valence-electron chi connectivity index (χ1n) is 13.7. The van der Waals surface area contributed by atoms with Crippen LogP contribution in [0.15, 0.2) is 30.5 Å². The number of halogens is 1. The van der Waals surface area contributed by atoms with Crippen LogP contribution >= 0.6 is 0 Å². The maximum atomic E-state index is 15.5. The number of alkyl halides is 1. The Labute approximate surface area is 219 Å². The third-order valence-corrected chi connectivity index (χ3v) is 8.33. The molecule has 2 aliphatic rings. The monoisotopic (exact) mass is 509 g/mol. The SMILES string of the molecule is CC(C)c1cccc(OC(C)c2nnc([C@H]3CC[C@H](n4cc(C5(F)CCN(C)CC5)nn4)CC3)n2C)c1. The van der Waals surface area contributed by atoms with E-state index >= 15 is 4.39 Å². The summed E-state index contributed by atoms with van der Waals surface area (Å²) in [5.74, 6) is 3.48. The molecule has 8 nitrogen and oxygen atoms in total. The molecule has 3 aromatic rings. The molecule has 3 heterocycles. The van der Waals surface area contributed by atoms with Crippen LogP contribution < -0.4 is 4.74 Å². The molecule has 1 aliphatic carbocycles. The van der Waals surface area contributed by atoms with Crippen molar-refractivity contribution < 1.29 is 9.13 Å². The van der Waals surface area contributed by atoms with Gasteiger partial charge in [0.2, 0.25) is 0 Å². The normalized spacial score (nSPS) is 23.3. The Morgan fingerprint density at radius 1 is 1.00 bits per heavy atom. The summed E-state index contributed by atoms with van der Waals surface area (Å²) in [5.41, 5.74) is 0.396. The molecule has 1 aliphatic heterocycles. The third-order valence-electron chi connectivity index (χ3n) is 8.33. The number of ether oxygens (including phenoxy) is 1. The molecule has 0 bridgehead atoms. The van der Waals surface area contributed by atoms with Crippen molar-refractivity contribution >= 4 is 0 Å². The molecule has 200 valence electrons. The third kappa shape index (κ3) is 5.42. The number of aromatic nitrogens is 6. The first-order chi connectivity index (χ1) is 17.7. The molecule has 0 spiro atoms. The van der Waals surface area contributed by atoms with Gasteiger partial charge in [-0.3, -0.25) is 0 Å². The largest absolute Gasteiger partial charge is 0.483 e. The maximum Gasteiger partial charge on any atom is 0.173 e. The van der Waals surface area contributed by atoms with Crippen molar-refractivity contribution in [2.24, 2.45) is 7.05 Å². The Balaban J connectivity index is 1.20. The first-order valence-corrected chi connectivity index (χ1v) is 13.7. The van der Waals surface area contributed by atoms with Crippen LogP contribution in [0.5, 0.6) is 5.75 Å². The molecular weight excluding hydrogens is 469 g/mol. The molecule has 1 unspecified atom stereocenters. The fraction of sp³-hybridized carbons (Fsp3) is 0.643. The molecule has 9 heteroatoms. The lowest BCUT2D eigenvalue weighted by Gasteiger charge is -2.33. The minimum atomic E-state index is -1.36. The lowest BCUT2D eigenvalue weighted by molar-refractivity contribution is 0.0632. The molecule has 2 fully saturated rings. The number of piperidine rings is 1. The summed E-state index contributed by atoms with van der Waals surface area (Å²) >= 11 is 0. The standard InChI is InChI=1S/C28H40FN7O/c1-19(2)22-7-6-8-24(17-22)37-20(3)26-31-32-27(35(26)5)21-9-11-23(12-10-21)36-18-25(30-33-36)28(29)13-15-34(4)16-14-28/h6-8,17-21,23H,9-16H2,1-5H3/t20?,21-,23-.